The van der Waals surface area contributed by atoms with E-state index in [9.17, 15) is 9.90 Å². The van der Waals surface area contributed by atoms with Crippen molar-refractivity contribution in [3.05, 3.63) is 35.9 Å². The highest BCUT2D eigenvalue weighted by atomic mass is 16.3. The van der Waals surface area contributed by atoms with E-state index in [1.165, 1.54) is 0 Å². The number of hydrogen-bond acceptors (Lipinski definition) is 3. The Morgan fingerprint density at radius 1 is 1.25 bits per heavy atom. The van der Waals surface area contributed by atoms with Crippen LogP contribution in [0.4, 0.5) is 0 Å². The zero-order chi connectivity index (χ0) is 15.3. The van der Waals surface area contributed by atoms with Crippen LogP contribution in [0.2, 0.25) is 0 Å². The van der Waals surface area contributed by atoms with E-state index >= 15 is 0 Å². The third-order valence-electron chi connectivity index (χ3n) is 3.60. The quantitative estimate of drug-likeness (QED) is 0.835. The SMILES string of the molecule is CC(C)C[C@@H](N)C(=O)N(C)[C@@H](C)C(O)c1ccccc1. The number of rotatable bonds is 6. The van der Waals surface area contributed by atoms with Gasteiger partial charge in [0, 0.05) is 7.05 Å². The van der Waals surface area contributed by atoms with Gasteiger partial charge in [0.15, 0.2) is 0 Å². The maximum atomic E-state index is 12.2. The topological polar surface area (TPSA) is 66.6 Å². The van der Waals surface area contributed by atoms with Crippen LogP contribution in [-0.2, 0) is 4.79 Å². The molecule has 112 valence electrons. The molecule has 0 saturated heterocycles. The Bertz CT molecular complexity index is 420. The Labute approximate surface area is 121 Å². The Morgan fingerprint density at radius 2 is 1.80 bits per heavy atom. The molecule has 0 saturated carbocycles. The molecule has 4 heteroatoms. The lowest BCUT2D eigenvalue weighted by Gasteiger charge is -2.31. The minimum absolute atomic E-state index is 0.124. The summed E-state index contributed by atoms with van der Waals surface area (Å²) in [6.07, 6.45) is -0.0615. The first-order valence-electron chi connectivity index (χ1n) is 7.09. The standard InChI is InChI=1S/C16H26N2O2/c1-11(2)10-14(17)16(20)18(4)12(3)15(19)13-8-6-5-7-9-13/h5-9,11-12,14-15,19H,10,17H2,1-4H3/t12-,14+,15?/m0/s1. The molecular weight excluding hydrogens is 252 g/mol. The minimum Gasteiger partial charge on any atom is -0.386 e. The van der Waals surface area contributed by atoms with Crippen molar-refractivity contribution in [2.24, 2.45) is 11.7 Å². The van der Waals surface area contributed by atoms with Crippen LogP contribution in [0.15, 0.2) is 30.3 Å². The van der Waals surface area contributed by atoms with E-state index in [2.05, 4.69) is 0 Å². The summed E-state index contributed by atoms with van der Waals surface area (Å²) in [6.45, 7) is 5.91. The molecule has 1 amide bonds. The summed E-state index contributed by atoms with van der Waals surface area (Å²) in [7, 11) is 1.69. The molecule has 3 N–H and O–H groups in total. The number of nitrogens with two attached hydrogens (primary N) is 1. The normalized spacial score (nSPS) is 15.8. The molecule has 1 rings (SSSR count). The fraction of sp³-hybridized carbons (Fsp3) is 0.562. The summed E-state index contributed by atoms with van der Waals surface area (Å²) in [5.74, 6) is 0.248. The summed E-state index contributed by atoms with van der Waals surface area (Å²) in [5.41, 5.74) is 6.73. The smallest absolute Gasteiger partial charge is 0.239 e. The van der Waals surface area contributed by atoms with Crippen molar-refractivity contribution < 1.29 is 9.90 Å². The van der Waals surface area contributed by atoms with Crippen LogP contribution in [0.3, 0.4) is 0 Å². The van der Waals surface area contributed by atoms with Crippen LogP contribution in [0.1, 0.15) is 38.9 Å². The second-order valence-electron chi connectivity index (χ2n) is 5.78. The Hall–Kier alpha value is -1.39. The summed E-state index contributed by atoms with van der Waals surface area (Å²) in [4.78, 5) is 13.8. The predicted octanol–water partition coefficient (Wildman–Crippen LogP) is 1.94. The predicted molar refractivity (Wildman–Crippen MR) is 81.1 cm³/mol. The van der Waals surface area contributed by atoms with Gasteiger partial charge in [-0.1, -0.05) is 44.2 Å². The van der Waals surface area contributed by atoms with E-state index in [1.807, 2.05) is 51.1 Å². The van der Waals surface area contributed by atoms with Gasteiger partial charge in [-0.2, -0.15) is 0 Å². The lowest BCUT2D eigenvalue weighted by Crippen LogP contribution is -2.47. The van der Waals surface area contributed by atoms with Gasteiger partial charge in [-0.15, -0.1) is 0 Å². The van der Waals surface area contributed by atoms with Crippen molar-refractivity contribution >= 4 is 5.91 Å². The molecule has 0 spiro atoms. The van der Waals surface area contributed by atoms with E-state index < -0.39 is 12.1 Å². The zero-order valence-corrected chi connectivity index (χ0v) is 12.8. The average molecular weight is 278 g/mol. The summed E-state index contributed by atoms with van der Waals surface area (Å²) in [6, 6.07) is 8.53. The Balaban J connectivity index is 2.71. The van der Waals surface area contributed by atoms with Crippen LogP contribution in [0.25, 0.3) is 0 Å². The van der Waals surface area contributed by atoms with Gasteiger partial charge in [-0.3, -0.25) is 4.79 Å². The fourth-order valence-electron chi connectivity index (χ4n) is 2.21. The molecular formula is C16H26N2O2. The fourth-order valence-corrected chi connectivity index (χ4v) is 2.21. The van der Waals surface area contributed by atoms with Gasteiger partial charge >= 0.3 is 0 Å². The van der Waals surface area contributed by atoms with E-state index in [1.54, 1.807) is 11.9 Å². The van der Waals surface area contributed by atoms with Crippen molar-refractivity contribution in [3.8, 4) is 0 Å². The number of aliphatic hydroxyl groups excluding tert-OH is 1. The molecule has 1 aromatic rings. The number of hydrogen-bond donors (Lipinski definition) is 2. The van der Waals surface area contributed by atoms with E-state index in [4.69, 9.17) is 5.73 Å². The van der Waals surface area contributed by atoms with E-state index in [0.29, 0.717) is 12.3 Å². The summed E-state index contributed by atoms with van der Waals surface area (Å²) < 4.78 is 0. The van der Waals surface area contributed by atoms with Crippen molar-refractivity contribution in [1.82, 2.24) is 4.90 Å². The van der Waals surface area contributed by atoms with Gasteiger partial charge < -0.3 is 15.7 Å². The Morgan fingerprint density at radius 3 is 2.30 bits per heavy atom. The number of amides is 1. The molecule has 0 bridgehead atoms. The third-order valence-corrected chi connectivity index (χ3v) is 3.60. The van der Waals surface area contributed by atoms with Crippen molar-refractivity contribution in [2.45, 2.75) is 45.4 Å². The lowest BCUT2D eigenvalue weighted by molar-refractivity contribution is -0.135. The monoisotopic (exact) mass is 278 g/mol. The molecule has 0 aliphatic carbocycles. The second kappa shape index (κ2) is 7.41. The average Bonchev–Trinajstić information content (AvgIpc) is 2.44. The zero-order valence-electron chi connectivity index (χ0n) is 12.8. The number of carbonyl (C=O) groups is 1. The minimum atomic E-state index is -0.712. The van der Waals surface area contributed by atoms with Crippen LogP contribution >= 0.6 is 0 Å². The number of aliphatic hydroxyl groups is 1. The van der Waals surface area contributed by atoms with Crippen LogP contribution in [0.5, 0.6) is 0 Å². The largest absolute Gasteiger partial charge is 0.386 e. The van der Waals surface area contributed by atoms with Crippen molar-refractivity contribution in [2.75, 3.05) is 7.05 Å². The highest BCUT2D eigenvalue weighted by molar-refractivity contribution is 5.81. The number of likely N-dealkylation sites (N-methyl/N-ethyl adjacent to an activating group) is 1. The first-order chi connectivity index (χ1) is 9.34. The first kappa shape index (κ1) is 16.7. The Kier molecular flexibility index (Phi) is 6.17. The van der Waals surface area contributed by atoms with Gasteiger partial charge in [0.05, 0.1) is 18.2 Å². The molecule has 0 aromatic heterocycles. The maximum Gasteiger partial charge on any atom is 0.239 e. The van der Waals surface area contributed by atoms with Gasteiger partial charge in [-0.25, -0.2) is 0 Å². The molecule has 0 heterocycles. The van der Waals surface area contributed by atoms with Crippen molar-refractivity contribution in [1.29, 1.82) is 0 Å². The van der Waals surface area contributed by atoms with E-state index in [0.717, 1.165) is 5.56 Å². The van der Waals surface area contributed by atoms with E-state index in [-0.39, 0.29) is 11.9 Å². The molecule has 0 aliphatic rings. The summed E-state index contributed by atoms with van der Waals surface area (Å²) >= 11 is 0. The number of benzene rings is 1. The molecule has 0 aliphatic heterocycles. The molecule has 0 fully saturated rings. The summed E-state index contributed by atoms with van der Waals surface area (Å²) in [5, 5.41) is 10.3. The van der Waals surface area contributed by atoms with Gasteiger partial charge in [0.2, 0.25) is 5.91 Å². The number of nitrogens with zero attached hydrogens (tertiary/aromatic N) is 1. The van der Waals surface area contributed by atoms with Crippen LogP contribution in [-0.4, -0.2) is 35.0 Å². The van der Waals surface area contributed by atoms with Crippen molar-refractivity contribution in [3.63, 3.8) is 0 Å². The molecule has 1 aromatic carbocycles. The second-order valence-corrected chi connectivity index (χ2v) is 5.78. The number of carbonyl (C=O) groups excluding carboxylic acids is 1. The van der Waals surface area contributed by atoms with Crippen LogP contribution in [0, 0.1) is 5.92 Å². The lowest BCUT2D eigenvalue weighted by atomic mass is 10.00. The third kappa shape index (κ3) is 4.32. The molecule has 20 heavy (non-hydrogen) atoms. The molecule has 1 unspecified atom stereocenters. The highest BCUT2D eigenvalue weighted by Gasteiger charge is 2.27. The highest BCUT2D eigenvalue weighted by Crippen LogP contribution is 2.20. The molecule has 0 radical (unpaired) electrons. The van der Waals surface area contributed by atoms with Crippen LogP contribution < -0.4 is 5.73 Å². The molecule has 4 nitrogen and oxygen atoms in total. The van der Waals surface area contributed by atoms with Gasteiger partial charge in [0.25, 0.3) is 0 Å². The molecule has 3 atom stereocenters. The van der Waals surface area contributed by atoms with Gasteiger partial charge in [-0.05, 0) is 24.8 Å². The maximum absolute atomic E-state index is 12.2. The first-order valence-corrected chi connectivity index (χ1v) is 7.09. The van der Waals surface area contributed by atoms with Gasteiger partial charge in [0.1, 0.15) is 0 Å².